The van der Waals surface area contributed by atoms with Crippen LogP contribution >= 0.6 is 11.6 Å². The van der Waals surface area contributed by atoms with Crippen molar-refractivity contribution in [3.05, 3.63) is 52.5 Å². The van der Waals surface area contributed by atoms with Crippen LogP contribution in [0.2, 0.25) is 5.02 Å². The maximum absolute atomic E-state index is 12.5. The van der Waals surface area contributed by atoms with Gasteiger partial charge < -0.3 is 10.5 Å². The van der Waals surface area contributed by atoms with E-state index in [-0.39, 0.29) is 10.8 Å². The number of aryl methyl sites for hydroxylation is 1. The lowest BCUT2D eigenvalue weighted by atomic mass is 10.2. The van der Waals surface area contributed by atoms with E-state index in [1.54, 1.807) is 32.0 Å². The molecule has 0 fully saturated rings. The fourth-order valence-electron chi connectivity index (χ4n) is 1.60. The van der Waals surface area contributed by atoms with Gasteiger partial charge in [0.05, 0.1) is 10.6 Å². The molecule has 0 aliphatic carbocycles. The van der Waals surface area contributed by atoms with Gasteiger partial charge in [0.25, 0.3) is 0 Å². The molecule has 6 heteroatoms. The minimum absolute atomic E-state index is 0.102. The molecule has 0 amide bonds. The van der Waals surface area contributed by atoms with Crippen LogP contribution in [0.1, 0.15) is 31.9 Å². The normalized spacial score (nSPS) is 9.72. The van der Waals surface area contributed by atoms with Crippen molar-refractivity contribution < 1.29 is 17.9 Å². The lowest BCUT2D eigenvalue weighted by molar-refractivity contribution is -0.137. The molecule has 0 atom stereocenters. The molecule has 2 N–H and O–H groups in total. The lowest BCUT2D eigenvalue weighted by Gasteiger charge is -2.12. The highest BCUT2D eigenvalue weighted by Crippen LogP contribution is 2.36. The highest BCUT2D eigenvalue weighted by Gasteiger charge is 2.31. The number of anilines is 1. The first-order valence-electron chi connectivity index (χ1n) is 7.47. The Morgan fingerprint density at radius 1 is 1.12 bits per heavy atom. The van der Waals surface area contributed by atoms with Gasteiger partial charge in [0.1, 0.15) is 11.5 Å². The number of alkyl halides is 3. The molecule has 2 rings (SSSR count). The standard InChI is InChI=1S/C14H11ClF3NO.C3H4.C2H6/c1-8-6-10(3-4-12(8)19)20-13-5-2-9(7-11(13)15)14(16,17)18;1-3-2;1-2/h2-7H,19H2,1H3;1H,2H3;1-2H3. The molecule has 0 spiro atoms. The molecule has 2 aromatic carbocycles. The van der Waals surface area contributed by atoms with Gasteiger partial charge in [-0.1, -0.05) is 25.4 Å². The molecule has 25 heavy (non-hydrogen) atoms. The molecule has 0 saturated carbocycles. The van der Waals surface area contributed by atoms with Crippen LogP contribution < -0.4 is 10.5 Å². The van der Waals surface area contributed by atoms with Gasteiger partial charge in [-0.15, -0.1) is 12.3 Å². The molecule has 0 aromatic heterocycles. The summed E-state index contributed by atoms with van der Waals surface area (Å²) in [6, 6.07) is 7.91. The number of nitrogen functional groups attached to an aromatic ring is 1. The van der Waals surface area contributed by atoms with Gasteiger partial charge in [0.15, 0.2) is 0 Å². The predicted octanol–water partition coefficient (Wildman–Crippen LogP) is 6.71. The number of ether oxygens (including phenoxy) is 1. The van der Waals surface area contributed by atoms with E-state index in [1.807, 2.05) is 13.8 Å². The Morgan fingerprint density at radius 3 is 2.12 bits per heavy atom. The molecule has 0 bridgehead atoms. The van der Waals surface area contributed by atoms with Crippen LogP contribution in [0.25, 0.3) is 0 Å². The van der Waals surface area contributed by atoms with Crippen molar-refractivity contribution in [3.63, 3.8) is 0 Å². The minimum atomic E-state index is -4.43. The number of benzene rings is 2. The molecule has 0 saturated heterocycles. The van der Waals surface area contributed by atoms with Crippen molar-refractivity contribution >= 4 is 17.3 Å². The first-order chi connectivity index (χ1) is 11.7. The third-order valence-corrected chi connectivity index (χ3v) is 3.02. The molecular weight excluding hydrogens is 351 g/mol. The summed E-state index contributed by atoms with van der Waals surface area (Å²) >= 11 is 5.81. The Kier molecular flexibility index (Phi) is 9.55. The second-order valence-electron chi connectivity index (χ2n) is 4.55. The average molecular weight is 372 g/mol. The Hall–Kier alpha value is -2.32. The average Bonchev–Trinajstić information content (AvgIpc) is 2.54. The molecule has 0 heterocycles. The van der Waals surface area contributed by atoms with E-state index in [0.717, 1.165) is 17.7 Å². The summed E-state index contributed by atoms with van der Waals surface area (Å²) in [5.74, 6) is 2.86. The highest BCUT2D eigenvalue weighted by molar-refractivity contribution is 6.32. The van der Waals surface area contributed by atoms with Crippen LogP contribution in [-0.4, -0.2) is 0 Å². The summed E-state index contributed by atoms with van der Waals surface area (Å²) < 4.78 is 43.0. The summed E-state index contributed by atoms with van der Waals surface area (Å²) in [6.07, 6.45) is 0.167. The topological polar surface area (TPSA) is 35.2 Å². The van der Waals surface area contributed by atoms with Crippen molar-refractivity contribution in [2.75, 3.05) is 5.73 Å². The zero-order valence-corrected chi connectivity index (χ0v) is 15.3. The largest absolute Gasteiger partial charge is 0.456 e. The van der Waals surface area contributed by atoms with Crippen molar-refractivity contribution in [2.45, 2.75) is 33.9 Å². The van der Waals surface area contributed by atoms with Crippen molar-refractivity contribution in [2.24, 2.45) is 0 Å². The maximum atomic E-state index is 12.5. The summed E-state index contributed by atoms with van der Waals surface area (Å²) in [7, 11) is 0. The van der Waals surface area contributed by atoms with Gasteiger partial charge >= 0.3 is 6.18 Å². The van der Waals surface area contributed by atoms with E-state index in [2.05, 4.69) is 12.3 Å². The summed E-state index contributed by atoms with van der Waals surface area (Å²) in [4.78, 5) is 0. The quantitative estimate of drug-likeness (QED) is 0.470. The van der Waals surface area contributed by atoms with Crippen LogP contribution in [0.3, 0.4) is 0 Å². The third kappa shape index (κ3) is 7.40. The Bertz CT molecular complexity index is 722. The Morgan fingerprint density at radius 2 is 1.68 bits per heavy atom. The van der Waals surface area contributed by atoms with Crippen LogP contribution in [0, 0.1) is 19.3 Å². The number of terminal acetylenes is 1. The minimum Gasteiger partial charge on any atom is -0.456 e. The van der Waals surface area contributed by atoms with Gasteiger partial charge in [-0.2, -0.15) is 13.2 Å². The van der Waals surface area contributed by atoms with Crippen LogP contribution in [-0.2, 0) is 6.18 Å². The molecule has 2 aromatic rings. The van der Waals surface area contributed by atoms with Crippen molar-refractivity contribution in [3.8, 4) is 23.8 Å². The fourth-order valence-corrected chi connectivity index (χ4v) is 1.82. The number of rotatable bonds is 2. The number of hydrogen-bond acceptors (Lipinski definition) is 2. The summed E-state index contributed by atoms with van der Waals surface area (Å²) in [5.41, 5.74) is 6.27. The van der Waals surface area contributed by atoms with Crippen LogP contribution in [0.4, 0.5) is 18.9 Å². The SMILES string of the molecule is C#CC.CC.Cc1cc(Oc2ccc(C(F)(F)F)cc2Cl)ccc1N. The van der Waals surface area contributed by atoms with E-state index < -0.39 is 11.7 Å². The zero-order valence-electron chi connectivity index (χ0n) is 14.5. The van der Waals surface area contributed by atoms with Crippen LogP contribution in [0.15, 0.2) is 36.4 Å². The monoisotopic (exact) mass is 371 g/mol. The molecule has 0 radical (unpaired) electrons. The summed E-state index contributed by atoms with van der Waals surface area (Å²) in [6.45, 7) is 7.45. The maximum Gasteiger partial charge on any atom is 0.416 e. The van der Waals surface area contributed by atoms with E-state index in [4.69, 9.17) is 22.1 Å². The van der Waals surface area contributed by atoms with E-state index in [9.17, 15) is 13.2 Å². The lowest BCUT2D eigenvalue weighted by Crippen LogP contribution is -2.04. The van der Waals surface area contributed by atoms with Gasteiger partial charge in [0, 0.05) is 5.69 Å². The molecule has 0 unspecified atom stereocenters. The van der Waals surface area contributed by atoms with Crippen molar-refractivity contribution in [1.82, 2.24) is 0 Å². The Labute approximate surface area is 151 Å². The number of hydrogen-bond donors (Lipinski definition) is 1. The molecule has 0 aliphatic rings. The van der Waals surface area contributed by atoms with Gasteiger partial charge in [-0.05, 0) is 55.8 Å². The highest BCUT2D eigenvalue weighted by atomic mass is 35.5. The Balaban J connectivity index is 0.00000104. The molecular formula is C19H21ClF3NO. The molecule has 2 nitrogen and oxygen atoms in total. The second kappa shape index (κ2) is 10.5. The smallest absolute Gasteiger partial charge is 0.416 e. The summed E-state index contributed by atoms with van der Waals surface area (Å²) in [5, 5.41) is -0.102. The number of nitrogens with two attached hydrogens (primary N) is 1. The molecule has 136 valence electrons. The zero-order chi connectivity index (χ0) is 19.6. The first-order valence-corrected chi connectivity index (χ1v) is 7.85. The van der Waals surface area contributed by atoms with Gasteiger partial charge in [0.2, 0.25) is 0 Å². The van der Waals surface area contributed by atoms with Gasteiger partial charge in [-0.3, -0.25) is 0 Å². The molecule has 0 aliphatic heterocycles. The number of halogens is 4. The van der Waals surface area contributed by atoms with E-state index in [1.165, 1.54) is 6.07 Å². The second-order valence-corrected chi connectivity index (χ2v) is 4.96. The van der Waals surface area contributed by atoms with E-state index in [0.29, 0.717) is 11.4 Å². The fraction of sp³-hybridized carbons (Fsp3) is 0.263. The van der Waals surface area contributed by atoms with Crippen molar-refractivity contribution in [1.29, 1.82) is 0 Å². The third-order valence-electron chi connectivity index (χ3n) is 2.73. The van der Waals surface area contributed by atoms with Gasteiger partial charge in [-0.25, -0.2) is 0 Å². The predicted molar refractivity (Wildman–Crippen MR) is 98.0 cm³/mol. The van der Waals surface area contributed by atoms with Crippen LogP contribution in [0.5, 0.6) is 11.5 Å². The first kappa shape index (κ1) is 22.7. The van der Waals surface area contributed by atoms with E-state index >= 15 is 0 Å².